The highest BCUT2D eigenvalue weighted by molar-refractivity contribution is 5.84. The van der Waals surface area contributed by atoms with Crippen LogP contribution < -0.4 is 15.0 Å². The summed E-state index contributed by atoms with van der Waals surface area (Å²) in [5.41, 5.74) is 3.97. The van der Waals surface area contributed by atoms with E-state index >= 15 is 0 Å². The van der Waals surface area contributed by atoms with E-state index in [-0.39, 0.29) is 11.9 Å². The normalized spacial score (nSPS) is 18.2. The number of hydrogen-bond donors (Lipinski definition) is 3. The van der Waals surface area contributed by atoms with E-state index in [4.69, 9.17) is 14.5 Å². The Morgan fingerprint density at radius 1 is 1.19 bits per heavy atom. The molecule has 164 valence electrons. The molecule has 3 N–H and O–H groups in total. The highest BCUT2D eigenvalue weighted by Gasteiger charge is 2.23. The van der Waals surface area contributed by atoms with Crippen LogP contribution in [-0.4, -0.2) is 55.8 Å². The molecule has 2 aliphatic rings. The smallest absolute Gasteiger partial charge is 0.231 e. The molecule has 1 atom stereocenters. The van der Waals surface area contributed by atoms with E-state index < -0.39 is 5.82 Å². The largest absolute Gasteiger partial charge is 0.485 e. The van der Waals surface area contributed by atoms with Crippen molar-refractivity contribution in [1.29, 1.82) is 0 Å². The molecular weight excluding hydrogens is 415 g/mol. The quantitative estimate of drug-likeness (QED) is 0.437. The van der Waals surface area contributed by atoms with Gasteiger partial charge in [-0.1, -0.05) is 0 Å². The third-order valence-corrected chi connectivity index (χ3v) is 5.71. The molecule has 0 saturated carbocycles. The van der Waals surface area contributed by atoms with Crippen molar-refractivity contribution in [2.24, 2.45) is 0 Å². The summed E-state index contributed by atoms with van der Waals surface area (Å²) in [6.07, 6.45) is 4.78. The molecule has 0 aliphatic carbocycles. The Morgan fingerprint density at radius 2 is 2.12 bits per heavy atom. The zero-order chi connectivity index (χ0) is 21.5. The molecule has 0 spiro atoms. The van der Waals surface area contributed by atoms with Crippen LogP contribution in [0.2, 0.25) is 0 Å². The zero-order valence-electron chi connectivity index (χ0n) is 17.1. The molecule has 32 heavy (non-hydrogen) atoms. The summed E-state index contributed by atoms with van der Waals surface area (Å²) in [5.74, 6) is 0.828. The topological polar surface area (TPSA) is 117 Å². The number of hydrogen-bond acceptors (Lipinski definition) is 8. The van der Waals surface area contributed by atoms with Crippen LogP contribution in [0.4, 0.5) is 21.8 Å². The number of halogens is 1. The summed E-state index contributed by atoms with van der Waals surface area (Å²) >= 11 is 0. The number of aromatic nitrogens is 6. The van der Waals surface area contributed by atoms with Gasteiger partial charge in [-0.05, 0) is 12.1 Å². The minimum Gasteiger partial charge on any atom is -0.485 e. The van der Waals surface area contributed by atoms with E-state index in [0.29, 0.717) is 37.0 Å². The first-order valence-corrected chi connectivity index (χ1v) is 10.5. The lowest BCUT2D eigenvalue weighted by Gasteiger charge is -2.27. The summed E-state index contributed by atoms with van der Waals surface area (Å²) < 4.78 is 25.6. The molecule has 5 heterocycles. The molecule has 4 aromatic rings. The Labute approximate surface area is 182 Å². The average molecular weight is 436 g/mol. The summed E-state index contributed by atoms with van der Waals surface area (Å²) in [6, 6.07) is 4.72. The molecule has 1 fully saturated rings. The first-order chi connectivity index (χ1) is 15.7. The van der Waals surface area contributed by atoms with Crippen molar-refractivity contribution >= 4 is 28.6 Å². The van der Waals surface area contributed by atoms with Gasteiger partial charge in [-0.3, -0.25) is 0 Å². The van der Waals surface area contributed by atoms with Crippen LogP contribution in [0.5, 0.6) is 5.75 Å². The summed E-state index contributed by atoms with van der Waals surface area (Å²) in [7, 11) is 0. The molecule has 0 radical (unpaired) electrons. The number of ether oxygens (including phenoxy) is 2. The molecule has 1 aromatic carbocycles. The third kappa shape index (κ3) is 3.50. The number of H-pyrrole nitrogens is 2. The van der Waals surface area contributed by atoms with E-state index in [1.165, 1.54) is 6.07 Å². The van der Waals surface area contributed by atoms with Crippen molar-refractivity contribution in [3.8, 4) is 5.75 Å². The maximum absolute atomic E-state index is 14.6. The second-order valence-corrected chi connectivity index (χ2v) is 7.84. The fourth-order valence-corrected chi connectivity index (χ4v) is 4.08. The molecule has 6 rings (SSSR count). The number of anilines is 3. The molecule has 0 bridgehead atoms. The number of imidazole rings is 2. The van der Waals surface area contributed by atoms with Gasteiger partial charge in [0.15, 0.2) is 23.0 Å². The van der Waals surface area contributed by atoms with E-state index in [1.54, 1.807) is 24.8 Å². The van der Waals surface area contributed by atoms with Crippen LogP contribution in [0.15, 0.2) is 30.9 Å². The van der Waals surface area contributed by atoms with Gasteiger partial charge in [0, 0.05) is 31.1 Å². The van der Waals surface area contributed by atoms with Crippen molar-refractivity contribution in [1.82, 2.24) is 29.9 Å². The molecule has 3 aromatic heterocycles. The molecular formula is C21H21FN8O2. The van der Waals surface area contributed by atoms with E-state index in [1.807, 2.05) is 0 Å². The highest BCUT2D eigenvalue weighted by atomic mass is 19.1. The van der Waals surface area contributed by atoms with Gasteiger partial charge >= 0.3 is 0 Å². The van der Waals surface area contributed by atoms with Crippen LogP contribution in [-0.2, 0) is 17.7 Å². The second kappa shape index (κ2) is 7.75. The number of nitrogens with one attached hydrogen (secondary N) is 3. The summed E-state index contributed by atoms with van der Waals surface area (Å²) in [5, 5.41) is 3.10. The minimum atomic E-state index is -0.453. The highest BCUT2D eigenvalue weighted by Crippen LogP contribution is 2.29. The van der Waals surface area contributed by atoms with Gasteiger partial charge in [0.25, 0.3) is 0 Å². The van der Waals surface area contributed by atoms with E-state index in [9.17, 15) is 4.39 Å². The first-order valence-electron chi connectivity index (χ1n) is 10.5. The fraction of sp³-hybridized carbons (Fsp3) is 0.333. The number of fused-ring (bicyclic) bond motifs is 2. The van der Waals surface area contributed by atoms with Gasteiger partial charge in [-0.25, -0.2) is 14.4 Å². The predicted molar refractivity (Wildman–Crippen MR) is 115 cm³/mol. The molecule has 10 nitrogen and oxygen atoms in total. The Kier molecular flexibility index (Phi) is 4.60. The second-order valence-electron chi connectivity index (χ2n) is 7.84. The SMILES string of the molecule is Fc1cc(Nc2nc(N3CCc4nc[nH]c4C3)c3[nH]cnc3n2)ccc1O[C@@H]1CCOC1. The van der Waals surface area contributed by atoms with Crippen molar-refractivity contribution in [3.63, 3.8) is 0 Å². The Balaban J connectivity index is 1.27. The first kappa shape index (κ1) is 19.0. The third-order valence-electron chi connectivity index (χ3n) is 5.71. The Bertz CT molecular complexity index is 1270. The lowest BCUT2D eigenvalue weighted by atomic mass is 10.1. The molecule has 0 unspecified atom stereocenters. The van der Waals surface area contributed by atoms with Gasteiger partial charge in [0.05, 0.1) is 43.8 Å². The van der Waals surface area contributed by atoms with Gasteiger partial charge in [-0.15, -0.1) is 0 Å². The molecule has 1 saturated heterocycles. The summed E-state index contributed by atoms with van der Waals surface area (Å²) in [6.45, 7) is 2.55. The Morgan fingerprint density at radius 3 is 3.00 bits per heavy atom. The van der Waals surface area contributed by atoms with Crippen LogP contribution in [0, 0.1) is 5.82 Å². The van der Waals surface area contributed by atoms with Gasteiger partial charge < -0.3 is 29.7 Å². The monoisotopic (exact) mass is 436 g/mol. The minimum absolute atomic E-state index is 0.115. The maximum Gasteiger partial charge on any atom is 0.231 e. The zero-order valence-corrected chi connectivity index (χ0v) is 17.1. The van der Waals surface area contributed by atoms with Gasteiger partial charge in [-0.2, -0.15) is 9.97 Å². The number of rotatable bonds is 5. The molecule has 11 heteroatoms. The van der Waals surface area contributed by atoms with Crippen LogP contribution in [0.25, 0.3) is 11.2 Å². The van der Waals surface area contributed by atoms with Gasteiger partial charge in [0.2, 0.25) is 5.95 Å². The number of nitrogens with zero attached hydrogens (tertiary/aromatic N) is 5. The van der Waals surface area contributed by atoms with E-state index in [0.717, 1.165) is 42.1 Å². The molecule has 0 amide bonds. The van der Waals surface area contributed by atoms with Gasteiger partial charge in [0.1, 0.15) is 11.6 Å². The van der Waals surface area contributed by atoms with Crippen molar-refractivity contribution in [2.75, 3.05) is 30.0 Å². The standard InChI is InChI=1S/C21H21FN8O2/c22-14-7-12(1-2-17(14)32-13-4-6-31-9-13)27-21-28-19-18(25-11-26-19)20(29-21)30-5-3-15-16(8-30)24-10-23-15/h1-2,7,10-11,13H,3-6,8-9H2,(H,23,24)(H2,25,26,27,28,29)/t13-/m1/s1. The lowest BCUT2D eigenvalue weighted by molar-refractivity contribution is 0.138. The van der Waals surface area contributed by atoms with Crippen LogP contribution in [0.3, 0.4) is 0 Å². The fourth-order valence-electron chi connectivity index (χ4n) is 4.08. The lowest BCUT2D eigenvalue weighted by Crippen LogP contribution is -2.31. The molecule has 2 aliphatic heterocycles. The van der Waals surface area contributed by atoms with Crippen molar-refractivity contribution in [2.45, 2.75) is 25.5 Å². The van der Waals surface area contributed by atoms with E-state index in [2.05, 4.69) is 35.1 Å². The number of aromatic amines is 2. The maximum atomic E-state index is 14.6. The summed E-state index contributed by atoms with van der Waals surface area (Å²) in [4.78, 5) is 26.3. The van der Waals surface area contributed by atoms with Crippen LogP contribution in [0.1, 0.15) is 17.8 Å². The Hall–Kier alpha value is -3.73. The van der Waals surface area contributed by atoms with Crippen molar-refractivity contribution in [3.05, 3.63) is 48.1 Å². The average Bonchev–Trinajstić information content (AvgIpc) is 3.56. The number of benzene rings is 1. The van der Waals surface area contributed by atoms with Crippen molar-refractivity contribution < 1.29 is 13.9 Å². The predicted octanol–water partition coefficient (Wildman–Crippen LogP) is 2.69. The van der Waals surface area contributed by atoms with Crippen LogP contribution >= 0.6 is 0 Å².